The molecule has 0 aromatic heterocycles. The van der Waals surface area contributed by atoms with Gasteiger partial charge < -0.3 is 9.47 Å². The maximum Gasteiger partial charge on any atom is 0.282 e. The van der Waals surface area contributed by atoms with Crippen LogP contribution in [0.2, 0.25) is 0 Å². The lowest BCUT2D eigenvalue weighted by Gasteiger charge is -2.14. The number of amides is 1. The summed E-state index contributed by atoms with van der Waals surface area (Å²) in [6.45, 7) is 2.73. The molecule has 1 N–H and O–H groups in total. The molecule has 32 heavy (non-hydrogen) atoms. The summed E-state index contributed by atoms with van der Waals surface area (Å²) in [7, 11) is 0. The van der Waals surface area contributed by atoms with Crippen LogP contribution in [-0.4, -0.2) is 23.7 Å². The highest BCUT2D eigenvalue weighted by Crippen LogP contribution is 2.34. The van der Waals surface area contributed by atoms with Crippen LogP contribution in [0.4, 0.5) is 5.69 Å². The molecule has 0 aliphatic rings. The molecular weight excluding hydrogens is 525 g/mol. The largest absolute Gasteiger partial charge is 0.490 e. The van der Waals surface area contributed by atoms with Crippen molar-refractivity contribution in [2.75, 3.05) is 6.61 Å². The number of hydrogen-bond acceptors (Lipinski definition) is 6. The van der Waals surface area contributed by atoms with Gasteiger partial charge in [0.25, 0.3) is 11.6 Å². The fourth-order valence-corrected chi connectivity index (χ4v) is 3.63. The zero-order valence-electron chi connectivity index (χ0n) is 17.2. The average Bonchev–Trinajstić information content (AvgIpc) is 2.79. The van der Waals surface area contributed by atoms with E-state index >= 15 is 0 Å². The van der Waals surface area contributed by atoms with Crippen LogP contribution in [0.25, 0.3) is 0 Å². The Morgan fingerprint density at radius 1 is 1.12 bits per heavy atom. The van der Waals surface area contributed by atoms with Gasteiger partial charge in [-0.25, -0.2) is 5.43 Å². The van der Waals surface area contributed by atoms with Gasteiger partial charge in [-0.2, -0.15) is 5.10 Å². The molecule has 0 saturated heterocycles. The van der Waals surface area contributed by atoms with Crippen LogP contribution in [-0.2, 0) is 6.61 Å². The number of para-hydroxylation sites is 1. The van der Waals surface area contributed by atoms with E-state index in [0.717, 1.165) is 9.13 Å². The molecule has 9 heteroatoms. The highest BCUT2D eigenvalue weighted by molar-refractivity contribution is 14.1. The number of nitrogens with one attached hydrogen (secondary N) is 1. The second-order valence-electron chi connectivity index (χ2n) is 6.51. The molecule has 0 atom stereocenters. The van der Waals surface area contributed by atoms with Crippen LogP contribution in [0.15, 0.2) is 71.8 Å². The van der Waals surface area contributed by atoms with Crippen LogP contribution in [0, 0.1) is 13.7 Å². The Morgan fingerprint density at radius 3 is 2.56 bits per heavy atom. The quantitative estimate of drug-likeness (QED) is 0.178. The standard InChI is InChI=1S/C23H20IN3O5/c1-2-31-21-13-17(12-19(24)22(21)32-15-16-8-4-3-5-9-16)14-25-26-23(28)18-10-6-7-11-20(18)27(29)30/h3-14H,2,15H2,1H3,(H,26,28)/b25-14-. The van der Waals surface area contributed by atoms with Gasteiger partial charge in [-0.1, -0.05) is 42.5 Å². The molecule has 0 radical (unpaired) electrons. The smallest absolute Gasteiger partial charge is 0.282 e. The van der Waals surface area contributed by atoms with Crippen LogP contribution in [0.1, 0.15) is 28.4 Å². The van der Waals surface area contributed by atoms with Crippen molar-refractivity contribution in [3.05, 3.63) is 97.1 Å². The number of nitro benzene ring substituents is 1. The van der Waals surface area contributed by atoms with Gasteiger partial charge in [0.05, 0.1) is 21.3 Å². The third kappa shape index (κ3) is 6.03. The number of carbonyl (C=O) groups excluding carboxylic acids is 1. The summed E-state index contributed by atoms with van der Waals surface area (Å²) >= 11 is 2.15. The summed E-state index contributed by atoms with van der Waals surface area (Å²) in [5.74, 6) is 0.510. The Hall–Kier alpha value is -3.47. The molecule has 0 unspecified atom stereocenters. The third-order valence-corrected chi connectivity index (χ3v) is 5.08. The third-order valence-electron chi connectivity index (χ3n) is 4.28. The maximum absolute atomic E-state index is 12.3. The first-order chi connectivity index (χ1) is 15.5. The van der Waals surface area contributed by atoms with Crippen LogP contribution in [0.5, 0.6) is 11.5 Å². The summed E-state index contributed by atoms with van der Waals surface area (Å²) in [6, 6.07) is 19.1. The van der Waals surface area contributed by atoms with E-state index < -0.39 is 10.8 Å². The molecule has 0 aliphatic heterocycles. The SMILES string of the molecule is CCOc1cc(/C=N\NC(=O)c2ccccc2[N+](=O)[O-])cc(I)c1OCc1ccccc1. The summed E-state index contributed by atoms with van der Waals surface area (Å²) in [4.78, 5) is 22.8. The van der Waals surface area contributed by atoms with Crippen LogP contribution < -0.4 is 14.9 Å². The Bertz CT molecular complexity index is 1140. The highest BCUT2D eigenvalue weighted by Gasteiger charge is 2.18. The monoisotopic (exact) mass is 545 g/mol. The van der Waals surface area contributed by atoms with Crippen LogP contribution in [0.3, 0.4) is 0 Å². The fraction of sp³-hybridized carbons (Fsp3) is 0.130. The first kappa shape index (κ1) is 23.2. The Kier molecular flexibility index (Phi) is 8.14. The first-order valence-corrected chi connectivity index (χ1v) is 10.8. The summed E-state index contributed by atoms with van der Waals surface area (Å²) in [5.41, 5.74) is 3.69. The van der Waals surface area contributed by atoms with Crippen molar-refractivity contribution in [2.24, 2.45) is 5.10 Å². The molecule has 1 amide bonds. The van der Waals surface area contributed by atoms with Crippen LogP contribution >= 0.6 is 22.6 Å². The van der Waals surface area contributed by atoms with Gasteiger partial charge in [0.1, 0.15) is 12.2 Å². The normalized spacial score (nSPS) is 10.7. The van der Waals surface area contributed by atoms with Crippen molar-refractivity contribution in [3.8, 4) is 11.5 Å². The summed E-state index contributed by atoms with van der Waals surface area (Å²) in [6.07, 6.45) is 1.44. The lowest BCUT2D eigenvalue weighted by atomic mass is 10.2. The Morgan fingerprint density at radius 2 is 1.84 bits per heavy atom. The van der Waals surface area contributed by atoms with Gasteiger partial charge in [-0.05, 0) is 58.8 Å². The minimum absolute atomic E-state index is 0.0658. The molecule has 0 bridgehead atoms. The van der Waals surface area contributed by atoms with E-state index in [-0.39, 0.29) is 11.3 Å². The topological polar surface area (TPSA) is 103 Å². The lowest BCUT2D eigenvalue weighted by Crippen LogP contribution is -2.19. The number of nitro groups is 1. The summed E-state index contributed by atoms with van der Waals surface area (Å²) in [5, 5.41) is 15.0. The van der Waals surface area contributed by atoms with E-state index in [1.807, 2.05) is 43.3 Å². The Balaban J connectivity index is 1.74. The number of rotatable bonds is 9. The van der Waals surface area contributed by atoms with Gasteiger partial charge >= 0.3 is 0 Å². The van der Waals surface area contributed by atoms with E-state index in [4.69, 9.17) is 9.47 Å². The number of nitrogens with zero attached hydrogens (tertiary/aromatic N) is 2. The van der Waals surface area contributed by atoms with Gasteiger partial charge in [0.15, 0.2) is 11.5 Å². The van der Waals surface area contributed by atoms with Crippen molar-refractivity contribution in [1.29, 1.82) is 0 Å². The molecule has 3 aromatic rings. The molecule has 0 heterocycles. The van der Waals surface area contributed by atoms with E-state index in [0.29, 0.717) is 30.3 Å². The molecule has 0 saturated carbocycles. The zero-order chi connectivity index (χ0) is 22.9. The minimum Gasteiger partial charge on any atom is -0.490 e. The van der Waals surface area contributed by atoms with E-state index in [9.17, 15) is 14.9 Å². The number of hydrazone groups is 1. The predicted molar refractivity (Wildman–Crippen MR) is 129 cm³/mol. The number of benzene rings is 3. The Labute approximate surface area is 198 Å². The first-order valence-electron chi connectivity index (χ1n) is 9.69. The van der Waals surface area contributed by atoms with E-state index in [2.05, 4.69) is 33.1 Å². The second kappa shape index (κ2) is 11.2. The van der Waals surface area contributed by atoms with Crippen molar-refractivity contribution in [1.82, 2.24) is 5.43 Å². The molecule has 3 aromatic carbocycles. The molecule has 0 aliphatic carbocycles. The maximum atomic E-state index is 12.3. The summed E-state index contributed by atoms with van der Waals surface area (Å²) < 4.78 is 12.5. The molecular formula is C23H20IN3O5. The van der Waals surface area contributed by atoms with Crippen molar-refractivity contribution >= 4 is 40.4 Å². The number of ether oxygens (including phenoxy) is 2. The molecule has 8 nitrogen and oxygen atoms in total. The fourth-order valence-electron chi connectivity index (χ4n) is 2.85. The molecule has 0 fully saturated rings. The van der Waals surface area contributed by atoms with Crippen molar-refractivity contribution < 1.29 is 19.2 Å². The van der Waals surface area contributed by atoms with Gasteiger partial charge in [0, 0.05) is 6.07 Å². The van der Waals surface area contributed by atoms with Gasteiger partial charge in [-0.15, -0.1) is 0 Å². The predicted octanol–water partition coefficient (Wildman–Crippen LogP) is 4.94. The van der Waals surface area contributed by atoms with Crippen molar-refractivity contribution in [3.63, 3.8) is 0 Å². The number of halogens is 1. The molecule has 3 rings (SSSR count). The lowest BCUT2D eigenvalue weighted by molar-refractivity contribution is -0.385. The second-order valence-corrected chi connectivity index (χ2v) is 7.67. The van der Waals surface area contributed by atoms with Gasteiger partial charge in [0.2, 0.25) is 0 Å². The number of hydrogen-bond donors (Lipinski definition) is 1. The molecule has 164 valence electrons. The van der Waals surface area contributed by atoms with E-state index in [1.54, 1.807) is 12.1 Å². The minimum atomic E-state index is -0.670. The zero-order valence-corrected chi connectivity index (χ0v) is 19.3. The number of carbonyl (C=O) groups is 1. The van der Waals surface area contributed by atoms with Gasteiger partial charge in [-0.3, -0.25) is 14.9 Å². The van der Waals surface area contributed by atoms with E-state index in [1.165, 1.54) is 24.4 Å². The van der Waals surface area contributed by atoms with Crippen molar-refractivity contribution in [2.45, 2.75) is 13.5 Å². The highest BCUT2D eigenvalue weighted by atomic mass is 127. The average molecular weight is 545 g/mol. The molecule has 0 spiro atoms.